The molecular weight excluding hydrogens is 309 g/mol. The van der Waals surface area contributed by atoms with Crippen LogP contribution in [0.15, 0.2) is 12.3 Å². The number of hydrogen-bond donors (Lipinski definition) is 1. The Hall–Kier alpha value is -1.50. The number of pyridine rings is 1. The number of halogens is 4. The van der Waals surface area contributed by atoms with Crippen LogP contribution < -0.4 is 4.90 Å². The van der Waals surface area contributed by atoms with Crippen molar-refractivity contribution in [2.45, 2.75) is 25.4 Å². The lowest BCUT2D eigenvalue weighted by molar-refractivity contribution is -0.139. The van der Waals surface area contributed by atoms with Gasteiger partial charge in [-0.25, -0.2) is 4.98 Å². The SMILES string of the molecule is O=C(O)CC1CCCN(c2ncc(C(F)(F)F)cc2Cl)C1. The first-order valence-corrected chi connectivity index (χ1v) is 6.84. The van der Waals surface area contributed by atoms with E-state index in [4.69, 9.17) is 16.7 Å². The van der Waals surface area contributed by atoms with Crippen molar-refractivity contribution in [1.29, 1.82) is 0 Å². The second-order valence-corrected chi connectivity index (χ2v) is 5.49. The molecule has 1 aliphatic heterocycles. The van der Waals surface area contributed by atoms with Gasteiger partial charge in [0.2, 0.25) is 0 Å². The summed E-state index contributed by atoms with van der Waals surface area (Å²) < 4.78 is 37.7. The maximum absolute atomic E-state index is 12.6. The Labute approximate surface area is 124 Å². The van der Waals surface area contributed by atoms with Crippen molar-refractivity contribution in [2.24, 2.45) is 5.92 Å². The maximum atomic E-state index is 12.6. The molecular formula is C13H14ClF3N2O2. The van der Waals surface area contributed by atoms with E-state index in [-0.39, 0.29) is 23.2 Å². The summed E-state index contributed by atoms with van der Waals surface area (Å²) in [5, 5.41) is 8.75. The third kappa shape index (κ3) is 4.00. The van der Waals surface area contributed by atoms with Crippen LogP contribution in [0, 0.1) is 5.92 Å². The van der Waals surface area contributed by atoms with Crippen molar-refractivity contribution in [3.8, 4) is 0 Å². The molecule has 1 aliphatic rings. The first-order chi connectivity index (χ1) is 9.77. The summed E-state index contributed by atoms with van der Waals surface area (Å²) in [4.78, 5) is 16.3. The molecule has 8 heteroatoms. The molecule has 0 amide bonds. The summed E-state index contributed by atoms with van der Waals surface area (Å²) in [5.41, 5.74) is -0.893. The highest BCUT2D eigenvalue weighted by molar-refractivity contribution is 6.33. The molecule has 21 heavy (non-hydrogen) atoms. The van der Waals surface area contributed by atoms with E-state index in [2.05, 4.69) is 4.98 Å². The Bertz CT molecular complexity index is 537. The van der Waals surface area contributed by atoms with Gasteiger partial charge in [-0.15, -0.1) is 0 Å². The van der Waals surface area contributed by atoms with Crippen molar-refractivity contribution >= 4 is 23.4 Å². The number of hydrogen-bond acceptors (Lipinski definition) is 3. The van der Waals surface area contributed by atoms with Crippen LogP contribution in [-0.4, -0.2) is 29.1 Å². The molecule has 2 rings (SSSR count). The Morgan fingerprint density at radius 3 is 2.81 bits per heavy atom. The zero-order chi connectivity index (χ0) is 15.6. The lowest BCUT2D eigenvalue weighted by Crippen LogP contribution is -2.37. The van der Waals surface area contributed by atoms with Gasteiger partial charge < -0.3 is 10.0 Å². The number of rotatable bonds is 3. The number of carbonyl (C=O) groups is 1. The predicted octanol–water partition coefficient (Wildman–Crippen LogP) is 3.44. The fourth-order valence-corrected chi connectivity index (χ4v) is 2.78. The minimum atomic E-state index is -4.48. The summed E-state index contributed by atoms with van der Waals surface area (Å²) in [7, 11) is 0. The summed E-state index contributed by atoms with van der Waals surface area (Å²) >= 11 is 5.90. The summed E-state index contributed by atoms with van der Waals surface area (Å²) in [6.07, 6.45) is -2.16. The van der Waals surface area contributed by atoms with Crippen LogP contribution in [0.1, 0.15) is 24.8 Å². The van der Waals surface area contributed by atoms with E-state index in [1.807, 2.05) is 0 Å². The summed E-state index contributed by atoms with van der Waals surface area (Å²) in [6, 6.07) is 0.852. The standard InChI is InChI=1S/C13H14ClF3N2O2/c14-10-5-9(13(15,16)17)6-18-12(10)19-3-1-2-8(7-19)4-11(20)21/h5-6,8H,1-4,7H2,(H,20,21). The molecule has 0 aromatic carbocycles. The van der Waals surface area contributed by atoms with Gasteiger partial charge in [0.15, 0.2) is 0 Å². The molecule has 0 aliphatic carbocycles. The first kappa shape index (κ1) is 15.9. The number of aromatic nitrogens is 1. The van der Waals surface area contributed by atoms with Crippen molar-refractivity contribution in [3.63, 3.8) is 0 Å². The third-order valence-electron chi connectivity index (χ3n) is 3.43. The first-order valence-electron chi connectivity index (χ1n) is 6.47. The fourth-order valence-electron chi connectivity index (χ4n) is 2.49. The predicted molar refractivity (Wildman–Crippen MR) is 71.4 cm³/mol. The molecule has 0 radical (unpaired) electrons. The average Bonchev–Trinajstić information content (AvgIpc) is 2.37. The number of carboxylic acid groups (broad SMARTS) is 1. The second-order valence-electron chi connectivity index (χ2n) is 5.08. The quantitative estimate of drug-likeness (QED) is 0.926. The van der Waals surface area contributed by atoms with Gasteiger partial charge in [0.1, 0.15) is 5.82 Å². The maximum Gasteiger partial charge on any atom is 0.417 e. The number of aliphatic carboxylic acids is 1. The molecule has 1 unspecified atom stereocenters. The molecule has 1 fully saturated rings. The number of carboxylic acids is 1. The molecule has 1 aromatic rings. The van der Waals surface area contributed by atoms with Crippen LogP contribution in [0.3, 0.4) is 0 Å². The lowest BCUT2D eigenvalue weighted by atomic mass is 9.95. The van der Waals surface area contributed by atoms with Gasteiger partial charge in [0.25, 0.3) is 0 Å². The average molecular weight is 323 g/mol. The van der Waals surface area contributed by atoms with E-state index in [1.165, 1.54) is 0 Å². The molecule has 2 heterocycles. The smallest absolute Gasteiger partial charge is 0.417 e. The van der Waals surface area contributed by atoms with Crippen molar-refractivity contribution in [2.75, 3.05) is 18.0 Å². The van der Waals surface area contributed by atoms with E-state index in [0.717, 1.165) is 25.1 Å². The molecule has 0 saturated carbocycles. The van der Waals surface area contributed by atoms with E-state index in [0.29, 0.717) is 13.1 Å². The van der Waals surface area contributed by atoms with Gasteiger partial charge in [0.05, 0.1) is 10.6 Å². The summed E-state index contributed by atoms with van der Waals surface area (Å²) in [5.74, 6) is -0.649. The Morgan fingerprint density at radius 1 is 1.52 bits per heavy atom. The highest BCUT2D eigenvalue weighted by atomic mass is 35.5. The molecule has 4 nitrogen and oxygen atoms in total. The molecule has 116 valence electrons. The Morgan fingerprint density at radius 2 is 2.24 bits per heavy atom. The zero-order valence-electron chi connectivity index (χ0n) is 11.0. The lowest BCUT2D eigenvalue weighted by Gasteiger charge is -2.33. The summed E-state index contributed by atoms with van der Waals surface area (Å²) in [6.45, 7) is 1.04. The Kier molecular flexibility index (Phi) is 4.61. The van der Waals surface area contributed by atoms with Crippen molar-refractivity contribution < 1.29 is 23.1 Å². The van der Waals surface area contributed by atoms with E-state index in [1.54, 1.807) is 4.90 Å². The molecule has 1 aromatic heterocycles. The minimum absolute atomic E-state index is 0.0365. The van der Waals surface area contributed by atoms with Crippen LogP contribution >= 0.6 is 11.6 Å². The molecule has 1 saturated heterocycles. The number of piperidine rings is 1. The highest BCUT2D eigenvalue weighted by Crippen LogP contribution is 2.34. The zero-order valence-corrected chi connectivity index (χ0v) is 11.8. The van der Waals surface area contributed by atoms with E-state index < -0.39 is 17.7 Å². The topological polar surface area (TPSA) is 53.4 Å². The van der Waals surface area contributed by atoms with E-state index in [9.17, 15) is 18.0 Å². The van der Waals surface area contributed by atoms with Crippen molar-refractivity contribution in [3.05, 3.63) is 22.8 Å². The van der Waals surface area contributed by atoms with Gasteiger partial charge in [-0.05, 0) is 24.8 Å². The molecule has 0 spiro atoms. The number of nitrogens with zero attached hydrogens (tertiary/aromatic N) is 2. The van der Waals surface area contributed by atoms with Gasteiger partial charge in [0, 0.05) is 25.7 Å². The van der Waals surface area contributed by atoms with Crippen LogP contribution in [0.25, 0.3) is 0 Å². The van der Waals surface area contributed by atoms with Crippen molar-refractivity contribution in [1.82, 2.24) is 4.98 Å². The normalized spacial score (nSPS) is 19.6. The van der Waals surface area contributed by atoms with Gasteiger partial charge >= 0.3 is 12.1 Å². The number of anilines is 1. The largest absolute Gasteiger partial charge is 0.481 e. The molecule has 1 N–H and O–H groups in total. The molecule has 1 atom stereocenters. The Balaban J connectivity index is 2.16. The number of alkyl halides is 3. The van der Waals surface area contributed by atoms with E-state index >= 15 is 0 Å². The highest BCUT2D eigenvalue weighted by Gasteiger charge is 2.32. The minimum Gasteiger partial charge on any atom is -0.481 e. The second kappa shape index (κ2) is 6.09. The van der Waals surface area contributed by atoms with Crippen LogP contribution in [0.5, 0.6) is 0 Å². The van der Waals surface area contributed by atoms with Gasteiger partial charge in [-0.2, -0.15) is 13.2 Å². The van der Waals surface area contributed by atoms with Crippen LogP contribution in [0.2, 0.25) is 5.02 Å². The van der Waals surface area contributed by atoms with Crippen LogP contribution in [-0.2, 0) is 11.0 Å². The monoisotopic (exact) mass is 322 g/mol. The van der Waals surface area contributed by atoms with Crippen LogP contribution in [0.4, 0.5) is 19.0 Å². The fraction of sp³-hybridized carbons (Fsp3) is 0.538. The van der Waals surface area contributed by atoms with Gasteiger partial charge in [-0.1, -0.05) is 11.6 Å². The molecule has 0 bridgehead atoms. The van der Waals surface area contributed by atoms with Gasteiger partial charge in [-0.3, -0.25) is 4.79 Å². The third-order valence-corrected chi connectivity index (χ3v) is 3.71.